The molecule has 2 aromatic rings. The van der Waals surface area contributed by atoms with Gasteiger partial charge in [0.25, 0.3) is 0 Å². The summed E-state index contributed by atoms with van der Waals surface area (Å²) in [7, 11) is 0. The molecular formula is C20H26N4O3. The van der Waals surface area contributed by atoms with Crippen LogP contribution in [0.1, 0.15) is 31.7 Å². The maximum absolute atomic E-state index is 12.4. The quantitative estimate of drug-likeness (QED) is 0.807. The Kier molecular flexibility index (Phi) is 5.88. The highest BCUT2D eigenvalue weighted by molar-refractivity contribution is 5.79. The fourth-order valence-corrected chi connectivity index (χ4v) is 3.09. The predicted octanol–water partition coefficient (Wildman–Crippen LogP) is 2.30. The molecule has 0 saturated carbocycles. The molecule has 1 saturated heterocycles. The number of rotatable bonds is 5. The monoisotopic (exact) mass is 370 g/mol. The van der Waals surface area contributed by atoms with E-state index in [0.29, 0.717) is 50.7 Å². The summed E-state index contributed by atoms with van der Waals surface area (Å²) in [5.74, 6) is 1.21. The summed E-state index contributed by atoms with van der Waals surface area (Å²) in [6, 6.07) is 7.90. The van der Waals surface area contributed by atoms with Crippen LogP contribution < -0.4 is 0 Å². The van der Waals surface area contributed by atoms with Crippen LogP contribution in [0, 0.1) is 12.8 Å². The average Bonchev–Trinajstić information content (AvgIpc) is 3.15. The molecular weight excluding hydrogens is 344 g/mol. The molecule has 7 nitrogen and oxygen atoms in total. The van der Waals surface area contributed by atoms with Gasteiger partial charge in [-0.2, -0.15) is 4.98 Å². The zero-order valence-corrected chi connectivity index (χ0v) is 16.1. The number of hydrogen-bond donors (Lipinski definition) is 0. The van der Waals surface area contributed by atoms with E-state index in [1.165, 1.54) is 5.56 Å². The summed E-state index contributed by atoms with van der Waals surface area (Å²) in [4.78, 5) is 32.5. The minimum Gasteiger partial charge on any atom is -0.339 e. The summed E-state index contributed by atoms with van der Waals surface area (Å²) in [5.41, 5.74) is 2.07. The van der Waals surface area contributed by atoms with E-state index in [1.54, 1.807) is 4.90 Å². The highest BCUT2D eigenvalue weighted by Crippen LogP contribution is 2.17. The van der Waals surface area contributed by atoms with Gasteiger partial charge in [0.15, 0.2) is 0 Å². The Morgan fingerprint density at radius 2 is 1.70 bits per heavy atom. The number of aromatic nitrogens is 2. The lowest BCUT2D eigenvalue weighted by molar-refractivity contribution is -0.141. The minimum atomic E-state index is -0.00694. The van der Waals surface area contributed by atoms with Crippen molar-refractivity contribution in [2.45, 2.75) is 33.6 Å². The van der Waals surface area contributed by atoms with E-state index >= 15 is 0 Å². The van der Waals surface area contributed by atoms with Crippen molar-refractivity contribution < 1.29 is 14.1 Å². The van der Waals surface area contributed by atoms with E-state index in [2.05, 4.69) is 10.1 Å². The number of nitrogens with zero attached hydrogens (tertiary/aromatic N) is 4. The third kappa shape index (κ3) is 4.72. The normalized spacial score (nSPS) is 14.7. The van der Waals surface area contributed by atoms with E-state index in [-0.39, 0.29) is 17.7 Å². The molecule has 0 unspecified atom stereocenters. The van der Waals surface area contributed by atoms with Crippen molar-refractivity contribution in [2.24, 2.45) is 5.92 Å². The smallest absolute Gasteiger partial charge is 0.227 e. The lowest BCUT2D eigenvalue weighted by Crippen LogP contribution is -2.51. The topological polar surface area (TPSA) is 79.5 Å². The number of hydrogen-bond acceptors (Lipinski definition) is 5. The van der Waals surface area contributed by atoms with E-state index in [0.717, 1.165) is 5.56 Å². The highest BCUT2D eigenvalue weighted by atomic mass is 16.5. The lowest BCUT2D eigenvalue weighted by Gasteiger charge is -2.35. The first-order chi connectivity index (χ1) is 12.9. The molecule has 3 rings (SSSR count). The fourth-order valence-electron chi connectivity index (χ4n) is 3.09. The number of piperazine rings is 1. The van der Waals surface area contributed by atoms with E-state index < -0.39 is 0 Å². The summed E-state index contributed by atoms with van der Waals surface area (Å²) in [6.07, 6.45) is 0.747. The van der Waals surface area contributed by atoms with Crippen LogP contribution in [-0.2, 0) is 16.0 Å². The van der Waals surface area contributed by atoms with Crippen LogP contribution in [-0.4, -0.2) is 57.9 Å². The molecule has 1 aliphatic heterocycles. The van der Waals surface area contributed by atoms with Crippen molar-refractivity contribution >= 4 is 11.8 Å². The summed E-state index contributed by atoms with van der Waals surface area (Å²) < 4.78 is 5.28. The first kappa shape index (κ1) is 19.1. The molecule has 1 fully saturated rings. The molecule has 0 N–H and O–H groups in total. The largest absolute Gasteiger partial charge is 0.339 e. The van der Waals surface area contributed by atoms with Crippen LogP contribution in [0.15, 0.2) is 28.8 Å². The van der Waals surface area contributed by atoms with Crippen LogP contribution in [0.3, 0.4) is 0 Å². The van der Waals surface area contributed by atoms with Gasteiger partial charge in [-0.05, 0) is 6.92 Å². The van der Waals surface area contributed by atoms with Gasteiger partial charge in [0, 0.05) is 50.5 Å². The molecule has 27 heavy (non-hydrogen) atoms. The van der Waals surface area contributed by atoms with Crippen LogP contribution >= 0.6 is 0 Å². The Morgan fingerprint density at radius 3 is 2.33 bits per heavy atom. The van der Waals surface area contributed by atoms with Gasteiger partial charge in [-0.15, -0.1) is 0 Å². The molecule has 7 heteroatoms. The Labute approximate surface area is 159 Å². The molecule has 2 amide bonds. The van der Waals surface area contributed by atoms with Crippen molar-refractivity contribution in [3.63, 3.8) is 0 Å². The van der Waals surface area contributed by atoms with Gasteiger partial charge in [0.1, 0.15) is 0 Å². The first-order valence-electron chi connectivity index (χ1n) is 9.40. The molecule has 1 aliphatic rings. The van der Waals surface area contributed by atoms with Gasteiger partial charge < -0.3 is 14.3 Å². The van der Waals surface area contributed by atoms with E-state index in [4.69, 9.17) is 4.52 Å². The van der Waals surface area contributed by atoms with Crippen molar-refractivity contribution in [2.75, 3.05) is 26.2 Å². The second-order valence-corrected chi connectivity index (χ2v) is 7.24. The Bertz CT molecular complexity index is 790. The number of amides is 2. The molecule has 1 aromatic carbocycles. The highest BCUT2D eigenvalue weighted by Gasteiger charge is 2.25. The Balaban J connectivity index is 1.49. The number of benzene rings is 1. The standard InChI is InChI=1S/C20H26N4O3/c1-14(2)20(26)24-12-10-23(11-13-24)18(25)9-8-17-21-19(22-27-17)16-6-4-15(3)5-7-16/h4-7,14H,8-13H2,1-3H3. The van der Waals surface area contributed by atoms with Crippen molar-refractivity contribution in [3.8, 4) is 11.4 Å². The molecule has 0 atom stereocenters. The molecule has 0 aliphatic carbocycles. The van der Waals surface area contributed by atoms with E-state index in [9.17, 15) is 9.59 Å². The lowest BCUT2D eigenvalue weighted by atomic mass is 10.1. The van der Waals surface area contributed by atoms with Gasteiger partial charge in [-0.1, -0.05) is 48.8 Å². The molecule has 2 heterocycles. The summed E-state index contributed by atoms with van der Waals surface area (Å²) in [5, 5.41) is 4.00. The zero-order valence-electron chi connectivity index (χ0n) is 16.1. The number of carbonyl (C=O) groups excluding carboxylic acids is 2. The SMILES string of the molecule is Cc1ccc(-c2noc(CCC(=O)N3CCN(C(=O)C(C)C)CC3)n2)cc1. The predicted molar refractivity (Wildman–Crippen MR) is 101 cm³/mol. The third-order valence-corrected chi connectivity index (χ3v) is 4.77. The van der Waals surface area contributed by atoms with Gasteiger partial charge in [-0.3, -0.25) is 9.59 Å². The molecule has 1 aromatic heterocycles. The maximum atomic E-state index is 12.4. The zero-order chi connectivity index (χ0) is 19.4. The van der Waals surface area contributed by atoms with Crippen LogP contribution in [0.5, 0.6) is 0 Å². The van der Waals surface area contributed by atoms with Crippen molar-refractivity contribution in [1.29, 1.82) is 0 Å². The Hall–Kier alpha value is -2.70. The Morgan fingerprint density at radius 1 is 1.07 bits per heavy atom. The van der Waals surface area contributed by atoms with Crippen LogP contribution in [0.25, 0.3) is 11.4 Å². The maximum Gasteiger partial charge on any atom is 0.227 e. The van der Waals surface area contributed by atoms with Crippen LogP contribution in [0.4, 0.5) is 0 Å². The van der Waals surface area contributed by atoms with Crippen molar-refractivity contribution in [1.82, 2.24) is 19.9 Å². The first-order valence-corrected chi connectivity index (χ1v) is 9.40. The number of aryl methyl sites for hydroxylation is 2. The second-order valence-electron chi connectivity index (χ2n) is 7.24. The molecule has 0 bridgehead atoms. The summed E-state index contributed by atoms with van der Waals surface area (Å²) in [6.45, 7) is 8.17. The minimum absolute atomic E-state index is 0.00694. The van der Waals surface area contributed by atoms with Crippen LogP contribution in [0.2, 0.25) is 0 Å². The van der Waals surface area contributed by atoms with Gasteiger partial charge in [-0.25, -0.2) is 0 Å². The molecule has 0 radical (unpaired) electrons. The number of carbonyl (C=O) groups is 2. The van der Waals surface area contributed by atoms with Crippen molar-refractivity contribution in [3.05, 3.63) is 35.7 Å². The van der Waals surface area contributed by atoms with Gasteiger partial charge in [0.2, 0.25) is 23.5 Å². The van der Waals surface area contributed by atoms with Gasteiger partial charge in [0.05, 0.1) is 0 Å². The summed E-state index contributed by atoms with van der Waals surface area (Å²) >= 11 is 0. The second kappa shape index (κ2) is 8.33. The molecule has 144 valence electrons. The average molecular weight is 370 g/mol. The van der Waals surface area contributed by atoms with Gasteiger partial charge >= 0.3 is 0 Å². The fraction of sp³-hybridized carbons (Fsp3) is 0.500. The molecule has 0 spiro atoms. The third-order valence-electron chi connectivity index (χ3n) is 4.77. The van der Waals surface area contributed by atoms with E-state index in [1.807, 2.05) is 49.9 Å².